The number of hydrogen-bond donors (Lipinski definition) is 1. The number of thiazole rings is 1. The summed E-state index contributed by atoms with van der Waals surface area (Å²) in [6, 6.07) is 1.99. The van der Waals surface area contributed by atoms with Gasteiger partial charge in [-0.2, -0.15) is 5.10 Å². The molecular formula is C12H16N4O2S2. The van der Waals surface area contributed by atoms with Crippen LogP contribution in [0.4, 0.5) is 0 Å². The van der Waals surface area contributed by atoms with Crippen LogP contribution in [0.25, 0.3) is 0 Å². The van der Waals surface area contributed by atoms with Gasteiger partial charge in [0.2, 0.25) is 4.34 Å². The number of rotatable bonds is 5. The van der Waals surface area contributed by atoms with Gasteiger partial charge < -0.3 is 0 Å². The Morgan fingerprint density at radius 1 is 1.55 bits per heavy atom. The minimum atomic E-state index is -3.46. The fraction of sp³-hybridized carbons (Fsp3) is 0.500. The van der Waals surface area contributed by atoms with Crippen LogP contribution in [0.5, 0.6) is 0 Å². The summed E-state index contributed by atoms with van der Waals surface area (Å²) in [5, 5.41) is 5.88. The van der Waals surface area contributed by atoms with Gasteiger partial charge in [-0.25, -0.2) is 18.1 Å². The molecule has 1 fully saturated rings. The fourth-order valence-corrected chi connectivity index (χ4v) is 4.49. The standard InChI is InChI=1S/C12H16N4O2S2/c1-8-7-19-12(15-8)20(17,18)14-6-9-5-10(9)11-3-4-13-16(11)2/h3-4,7,9-10,14H,5-6H2,1-2H3/t9-,10+/m0/s1. The fourth-order valence-electron chi connectivity index (χ4n) is 2.32. The van der Waals surface area contributed by atoms with Crippen LogP contribution in [0.15, 0.2) is 22.0 Å². The van der Waals surface area contributed by atoms with Crippen LogP contribution in [-0.2, 0) is 17.1 Å². The summed E-state index contributed by atoms with van der Waals surface area (Å²) in [6.45, 7) is 2.24. The first-order chi connectivity index (χ1) is 9.47. The molecule has 8 heteroatoms. The molecule has 2 heterocycles. The Labute approximate surface area is 121 Å². The van der Waals surface area contributed by atoms with Crippen LogP contribution >= 0.6 is 11.3 Å². The molecule has 0 radical (unpaired) electrons. The first kappa shape index (κ1) is 13.7. The molecule has 3 rings (SSSR count). The number of sulfonamides is 1. The van der Waals surface area contributed by atoms with Crippen LogP contribution in [0.3, 0.4) is 0 Å². The second kappa shape index (κ2) is 4.94. The summed E-state index contributed by atoms with van der Waals surface area (Å²) >= 11 is 1.15. The summed E-state index contributed by atoms with van der Waals surface area (Å²) < 4.78 is 28.8. The predicted octanol–water partition coefficient (Wildman–Crippen LogP) is 1.27. The zero-order valence-corrected chi connectivity index (χ0v) is 12.9. The van der Waals surface area contributed by atoms with Crippen molar-refractivity contribution < 1.29 is 8.42 Å². The third kappa shape index (κ3) is 2.63. The van der Waals surface area contributed by atoms with Crippen molar-refractivity contribution in [1.82, 2.24) is 19.5 Å². The Kier molecular flexibility index (Phi) is 3.39. The van der Waals surface area contributed by atoms with Crippen molar-refractivity contribution in [1.29, 1.82) is 0 Å². The van der Waals surface area contributed by atoms with Crippen LogP contribution < -0.4 is 4.72 Å². The molecule has 0 spiro atoms. The van der Waals surface area contributed by atoms with Gasteiger partial charge in [-0.3, -0.25) is 4.68 Å². The minimum absolute atomic E-state index is 0.146. The van der Waals surface area contributed by atoms with Gasteiger partial charge in [0.15, 0.2) is 0 Å². The van der Waals surface area contributed by atoms with Crippen molar-refractivity contribution >= 4 is 21.4 Å². The maximum Gasteiger partial charge on any atom is 0.267 e. The quantitative estimate of drug-likeness (QED) is 0.902. The zero-order valence-electron chi connectivity index (χ0n) is 11.3. The van der Waals surface area contributed by atoms with Crippen molar-refractivity contribution in [3.05, 3.63) is 29.0 Å². The normalized spacial score (nSPS) is 22.1. The Bertz CT molecular complexity index is 719. The number of aromatic nitrogens is 3. The van der Waals surface area contributed by atoms with E-state index in [1.807, 2.05) is 17.8 Å². The number of hydrogen-bond acceptors (Lipinski definition) is 5. The average Bonchev–Trinajstić information content (AvgIpc) is 2.79. The highest BCUT2D eigenvalue weighted by Crippen LogP contribution is 2.46. The number of aryl methyl sites for hydroxylation is 2. The lowest BCUT2D eigenvalue weighted by Gasteiger charge is -2.04. The summed E-state index contributed by atoms with van der Waals surface area (Å²) in [6.07, 6.45) is 2.77. The van der Waals surface area contributed by atoms with Gasteiger partial charge in [0.25, 0.3) is 10.0 Å². The first-order valence-electron chi connectivity index (χ1n) is 6.37. The molecule has 0 bridgehead atoms. The van der Waals surface area contributed by atoms with E-state index in [9.17, 15) is 8.42 Å². The molecule has 1 aliphatic carbocycles. The van der Waals surface area contributed by atoms with Crippen LogP contribution in [0, 0.1) is 12.8 Å². The molecule has 1 saturated carbocycles. The van der Waals surface area contributed by atoms with E-state index in [0.29, 0.717) is 18.4 Å². The highest BCUT2D eigenvalue weighted by Gasteiger charge is 2.40. The summed E-state index contributed by atoms with van der Waals surface area (Å²) in [7, 11) is -1.55. The van der Waals surface area contributed by atoms with Gasteiger partial charge in [0.05, 0.1) is 0 Å². The van der Waals surface area contributed by atoms with E-state index >= 15 is 0 Å². The molecule has 2 aromatic rings. The molecule has 2 aromatic heterocycles. The molecule has 108 valence electrons. The molecule has 2 atom stereocenters. The van der Waals surface area contributed by atoms with Gasteiger partial charge in [-0.05, 0) is 25.3 Å². The second-order valence-electron chi connectivity index (χ2n) is 5.09. The Balaban J connectivity index is 1.60. The maximum absolute atomic E-state index is 12.1. The van der Waals surface area contributed by atoms with Crippen molar-refractivity contribution in [2.45, 2.75) is 23.6 Å². The molecule has 1 N–H and O–H groups in total. The van der Waals surface area contributed by atoms with Gasteiger partial charge in [-0.15, -0.1) is 11.3 Å². The summed E-state index contributed by atoms with van der Waals surface area (Å²) in [5.74, 6) is 0.754. The zero-order chi connectivity index (χ0) is 14.3. The molecule has 1 aliphatic rings. The SMILES string of the molecule is Cc1csc(S(=O)(=O)NC[C@@H]2C[C@H]2c2ccnn2C)n1. The Morgan fingerprint density at radius 3 is 2.95 bits per heavy atom. The highest BCUT2D eigenvalue weighted by molar-refractivity contribution is 7.91. The molecule has 0 saturated heterocycles. The molecule has 0 aromatic carbocycles. The highest BCUT2D eigenvalue weighted by atomic mass is 32.2. The van der Waals surface area contributed by atoms with E-state index < -0.39 is 10.0 Å². The lowest BCUT2D eigenvalue weighted by Crippen LogP contribution is -2.26. The number of nitrogens with one attached hydrogen (secondary N) is 1. The van der Waals surface area contributed by atoms with E-state index in [2.05, 4.69) is 14.8 Å². The van der Waals surface area contributed by atoms with Gasteiger partial charge in [0, 0.05) is 42.5 Å². The maximum atomic E-state index is 12.1. The van der Waals surface area contributed by atoms with Crippen molar-refractivity contribution in [2.24, 2.45) is 13.0 Å². The molecule has 6 nitrogen and oxygen atoms in total. The molecule has 0 unspecified atom stereocenters. The topological polar surface area (TPSA) is 76.9 Å². The summed E-state index contributed by atoms with van der Waals surface area (Å²) in [4.78, 5) is 4.02. The van der Waals surface area contributed by atoms with E-state index in [1.54, 1.807) is 18.5 Å². The average molecular weight is 312 g/mol. The van der Waals surface area contributed by atoms with Crippen molar-refractivity contribution in [3.8, 4) is 0 Å². The summed E-state index contributed by atoms with van der Waals surface area (Å²) in [5.41, 5.74) is 1.90. The largest absolute Gasteiger partial charge is 0.272 e. The van der Waals surface area contributed by atoms with E-state index in [1.165, 1.54) is 5.69 Å². The van der Waals surface area contributed by atoms with Gasteiger partial charge >= 0.3 is 0 Å². The van der Waals surface area contributed by atoms with Crippen LogP contribution in [-0.4, -0.2) is 29.7 Å². The van der Waals surface area contributed by atoms with E-state index in [-0.39, 0.29) is 4.34 Å². The Morgan fingerprint density at radius 2 is 2.35 bits per heavy atom. The van der Waals surface area contributed by atoms with E-state index in [4.69, 9.17) is 0 Å². The third-order valence-electron chi connectivity index (χ3n) is 3.52. The lowest BCUT2D eigenvalue weighted by molar-refractivity contribution is 0.574. The molecule has 0 amide bonds. The molecule has 20 heavy (non-hydrogen) atoms. The monoisotopic (exact) mass is 312 g/mol. The first-order valence-corrected chi connectivity index (χ1v) is 8.73. The van der Waals surface area contributed by atoms with Crippen molar-refractivity contribution in [2.75, 3.05) is 6.54 Å². The predicted molar refractivity (Wildman–Crippen MR) is 76.1 cm³/mol. The van der Waals surface area contributed by atoms with Crippen LogP contribution in [0.2, 0.25) is 0 Å². The third-order valence-corrected chi connectivity index (χ3v) is 6.32. The number of nitrogens with zero attached hydrogens (tertiary/aromatic N) is 3. The smallest absolute Gasteiger partial charge is 0.267 e. The van der Waals surface area contributed by atoms with Gasteiger partial charge in [0.1, 0.15) is 0 Å². The lowest BCUT2D eigenvalue weighted by atomic mass is 10.2. The van der Waals surface area contributed by atoms with Crippen molar-refractivity contribution in [3.63, 3.8) is 0 Å². The molecular weight excluding hydrogens is 296 g/mol. The van der Waals surface area contributed by atoms with Crippen LogP contribution in [0.1, 0.15) is 23.7 Å². The van der Waals surface area contributed by atoms with E-state index in [0.717, 1.165) is 23.5 Å². The Hall–Kier alpha value is -1.25. The minimum Gasteiger partial charge on any atom is -0.272 e. The van der Waals surface area contributed by atoms with Gasteiger partial charge in [-0.1, -0.05) is 0 Å². The molecule has 0 aliphatic heterocycles. The second-order valence-corrected chi connectivity index (χ2v) is 7.89.